The van der Waals surface area contributed by atoms with Gasteiger partial charge in [0.15, 0.2) is 0 Å². The third-order valence-electron chi connectivity index (χ3n) is 4.93. The molecular weight excluding hydrogens is 344 g/mol. The van der Waals surface area contributed by atoms with Gasteiger partial charge < -0.3 is 19.5 Å². The SMILES string of the molecule is COc1cccc(C2CC(c3ccc(OC)cc3OC)n3ncnc3N2)c1. The van der Waals surface area contributed by atoms with Crippen LogP contribution in [0.25, 0.3) is 0 Å². The summed E-state index contributed by atoms with van der Waals surface area (Å²) in [4.78, 5) is 4.38. The molecule has 27 heavy (non-hydrogen) atoms. The Morgan fingerprint density at radius 1 is 1.00 bits per heavy atom. The summed E-state index contributed by atoms with van der Waals surface area (Å²) in [6.07, 6.45) is 2.37. The predicted molar refractivity (Wildman–Crippen MR) is 102 cm³/mol. The van der Waals surface area contributed by atoms with Crippen molar-refractivity contribution in [3.8, 4) is 17.2 Å². The first-order valence-corrected chi connectivity index (χ1v) is 8.75. The number of methoxy groups -OCH3 is 3. The van der Waals surface area contributed by atoms with Gasteiger partial charge >= 0.3 is 0 Å². The van der Waals surface area contributed by atoms with Gasteiger partial charge in [0.25, 0.3) is 0 Å². The molecule has 2 aromatic carbocycles. The highest BCUT2D eigenvalue weighted by Crippen LogP contribution is 2.41. The van der Waals surface area contributed by atoms with Gasteiger partial charge in [0, 0.05) is 11.6 Å². The second-order valence-corrected chi connectivity index (χ2v) is 6.36. The molecular formula is C20H22N4O3. The zero-order chi connectivity index (χ0) is 18.8. The van der Waals surface area contributed by atoms with Gasteiger partial charge in [0.05, 0.1) is 33.4 Å². The van der Waals surface area contributed by atoms with Crippen molar-refractivity contribution < 1.29 is 14.2 Å². The zero-order valence-corrected chi connectivity index (χ0v) is 15.5. The van der Waals surface area contributed by atoms with Crippen molar-refractivity contribution in [2.24, 2.45) is 0 Å². The van der Waals surface area contributed by atoms with Gasteiger partial charge in [-0.05, 0) is 36.2 Å². The second kappa shape index (κ2) is 7.19. The minimum Gasteiger partial charge on any atom is -0.497 e. The lowest BCUT2D eigenvalue weighted by atomic mass is 9.92. The fourth-order valence-corrected chi connectivity index (χ4v) is 3.55. The maximum Gasteiger partial charge on any atom is 0.222 e. The average Bonchev–Trinajstić information content (AvgIpc) is 3.21. The van der Waals surface area contributed by atoms with Crippen LogP contribution >= 0.6 is 0 Å². The summed E-state index contributed by atoms with van der Waals surface area (Å²) in [6, 6.07) is 14.0. The number of nitrogens with one attached hydrogen (secondary N) is 1. The van der Waals surface area contributed by atoms with Gasteiger partial charge in [-0.25, -0.2) is 4.68 Å². The maximum absolute atomic E-state index is 5.63. The number of hydrogen-bond donors (Lipinski definition) is 1. The second-order valence-electron chi connectivity index (χ2n) is 6.36. The van der Waals surface area contributed by atoms with Gasteiger partial charge in [-0.2, -0.15) is 10.1 Å². The van der Waals surface area contributed by atoms with E-state index < -0.39 is 0 Å². The average molecular weight is 366 g/mol. The van der Waals surface area contributed by atoms with Crippen LogP contribution in [0.15, 0.2) is 48.8 Å². The minimum atomic E-state index is -0.0131. The number of ether oxygens (including phenoxy) is 3. The van der Waals surface area contributed by atoms with E-state index in [9.17, 15) is 0 Å². The predicted octanol–water partition coefficient (Wildman–Crippen LogP) is 3.45. The number of fused-ring (bicyclic) bond motifs is 1. The molecule has 1 aliphatic rings. The van der Waals surface area contributed by atoms with Crippen molar-refractivity contribution in [1.29, 1.82) is 0 Å². The van der Waals surface area contributed by atoms with Crippen molar-refractivity contribution in [1.82, 2.24) is 14.8 Å². The Bertz CT molecular complexity index is 940. The Labute approximate surface area is 157 Å². The molecule has 1 N–H and O–H groups in total. The molecule has 2 unspecified atom stereocenters. The molecule has 0 saturated carbocycles. The Hall–Kier alpha value is -3.22. The van der Waals surface area contributed by atoms with Crippen LogP contribution in [-0.2, 0) is 0 Å². The number of hydrogen-bond acceptors (Lipinski definition) is 6. The van der Waals surface area contributed by atoms with E-state index >= 15 is 0 Å². The molecule has 7 heteroatoms. The molecule has 7 nitrogen and oxygen atoms in total. The highest BCUT2D eigenvalue weighted by molar-refractivity contribution is 5.46. The summed E-state index contributed by atoms with van der Waals surface area (Å²) in [6.45, 7) is 0. The van der Waals surface area contributed by atoms with Crippen LogP contribution in [0.3, 0.4) is 0 Å². The number of nitrogens with zero attached hydrogens (tertiary/aromatic N) is 3. The first kappa shape index (κ1) is 17.2. The van der Waals surface area contributed by atoms with Crippen molar-refractivity contribution in [2.75, 3.05) is 26.6 Å². The molecule has 140 valence electrons. The maximum atomic E-state index is 5.63. The summed E-state index contributed by atoms with van der Waals surface area (Å²) >= 11 is 0. The van der Waals surface area contributed by atoms with E-state index in [4.69, 9.17) is 14.2 Å². The van der Waals surface area contributed by atoms with Crippen molar-refractivity contribution in [2.45, 2.75) is 18.5 Å². The van der Waals surface area contributed by atoms with Gasteiger partial charge in [-0.1, -0.05) is 12.1 Å². The molecule has 0 amide bonds. The van der Waals surface area contributed by atoms with E-state index in [-0.39, 0.29) is 12.1 Å². The van der Waals surface area contributed by atoms with Crippen molar-refractivity contribution >= 4 is 5.95 Å². The van der Waals surface area contributed by atoms with Gasteiger partial charge in [-0.15, -0.1) is 0 Å². The lowest BCUT2D eigenvalue weighted by molar-refractivity contribution is 0.370. The topological polar surface area (TPSA) is 70.4 Å². The van der Waals surface area contributed by atoms with E-state index in [1.807, 2.05) is 41.1 Å². The van der Waals surface area contributed by atoms with E-state index in [0.29, 0.717) is 0 Å². The normalized spacial score (nSPS) is 18.3. The van der Waals surface area contributed by atoms with Crippen LogP contribution in [0.4, 0.5) is 5.95 Å². The van der Waals surface area contributed by atoms with Gasteiger partial charge in [-0.3, -0.25) is 0 Å². The first-order valence-electron chi connectivity index (χ1n) is 8.75. The fraction of sp³-hybridized carbons (Fsp3) is 0.300. The van der Waals surface area contributed by atoms with Crippen LogP contribution in [0.2, 0.25) is 0 Å². The lowest BCUT2D eigenvalue weighted by Gasteiger charge is -2.32. The molecule has 2 heterocycles. The molecule has 0 spiro atoms. The molecule has 3 aromatic rings. The summed E-state index contributed by atoms with van der Waals surface area (Å²) in [5.41, 5.74) is 2.18. The summed E-state index contributed by atoms with van der Waals surface area (Å²) in [5.74, 6) is 3.09. The Balaban J connectivity index is 1.75. The summed E-state index contributed by atoms with van der Waals surface area (Å²) in [5, 5.41) is 7.90. The quantitative estimate of drug-likeness (QED) is 0.746. The molecule has 0 bridgehead atoms. The van der Waals surface area contributed by atoms with Crippen LogP contribution in [0.1, 0.15) is 29.6 Å². The smallest absolute Gasteiger partial charge is 0.222 e. The van der Waals surface area contributed by atoms with Gasteiger partial charge in [0.2, 0.25) is 5.95 Å². The van der Waals surface area contributed by atoms with E-state index in [1.54, 1.807) is 27.7 Å². The molecule has 0 radical (unpaired) electrons. The highest BCUT2D eigenvalue weighted by atomic mass is 16.5. The molecule has 1 aromatic heterocycles. The fourth-order valence-electron chi connectivity index (χ4n) is 3.55. The van der Waals surface area contributed by atoms with Crippen LogP contribution < -0.4 is 19.5 Å². The molecule has 0 fully saturated rings. The number of benzene rings is 2. The Morgan fingerprint density at radius 2 is 1.81 bits per heavy atom. The number of aromatic nitrogens is 3. The molecule has 2 atom stereocenters. The summed E-state index contributed by atoms with van der Waals surface area (Å²) < 4.78 is 18.2. The summed E-state index contributed by atoms with van der Waals surface area (Å²) in [7, 11) is 4.99. The molecule has 0 saturated heterocycles. The largest absolute Gasteiger partial charge is 0.497 e. The first-order chi connectivity index (χ1) is 13.2. The van der Waals surface area contributed by atoms with E-state index in [2.05, 4.69) is 21.5 Å². The zero-order valence-electron chi connectivity index (χ0n) is 15.5. The molecule has 0 aliphatic carbocycles. The van der Waals surface area contributed by atoms with Crippen LogP contribution in [-0.4, -0.2) is 36.1 Å². The number of anilines is 1. The third kappa shape index (κ3) is 3.16. The third-order valence-corrected chi connectivity index (χ3v) is 4.93. The number of rotatable bonds is 5. The minimum absolute atomic E-state index is 0.0131. The van der Waals surface area contributed by atoms with Crippen LogP contribution in [0.5, 0.6) is 17.2 Å². The standard InChI is InChI=1S/C20H22N4O3/c1-25-14-6-4-5-13(9-14)17-11-18(24-20(23-17)21-12-22-24)16-8-7-15(26-2)10-19(16)27-3/h4-10,12,17-18H,11H2,1-3H3,(H,21,22,23). The van der Waals surface area contributed by atoms with E-state index in [1.165, 1.54) is 0 Å². The lowest BCUT2D eigenvalue weighted by Crippen LogP contribution is -2.28. The van der Waals surface area contributed by atoms with Crippen LogP contribution in [0, 0.1) is 0 Å². The Morgan fingerprint density at radius 3 is 2.59 bits per heavy atom. The molecule has 1 aliphatic heterocycles. The van der Waals surface area contributed by atoms with Crippen molar-refractivity contribution in [3.05, 3.63) is 59.9 Å². The highest BCUT2D eigenvalue weighted by Gasteiger charge is 2.31. The van der Waals surface area contributed by atoms with E-state index in [0.717, 1.165) is 40.7 Å². The monoisotopic (exact) mass is 366 g/mol. The van der Waals surface area contributed by atoms with Gasteiger partial charge in [0.1, 0.15) is 23.6 Å². The van der Waals surface area contributed by atoms with Crippen molar-refractivity contribution in [3.63, 3.8) is 0 Å². The Kier molecular flexibility index (Phi) is 4.58. The molecule has 4 rings (SSSR count).